The second-order valence-electron chi connectivity index (χ2n) is 9.25. The van der Waals surface area contributed by atoms with Crippen molar-refractivity contribution in [1.29, 1.82) is 0 Å². The van der Waals surface area contributed by atoms with Crippen LogP contribution in [0.15, 0.2) is 47.0 Å². The third kappa shape index (κ3) is 4.29. The van der Waals surface area contributed by atoms with Gasteiger partial charge in [-0.2, -0.15) is 4.98 Å². The summed E-state index contributed by atoms with van der Waals surface area (Å²) >= 11 is 0. The number of benzene rings is 2. The van der Waals surface area contributed by atoms with Gasteiger partial charge in [0.05, 0.1) is 23.8 Å². The molecule has 0 N–H and O–H groups in total. The van der Waals surface area contributed by atoms with Crippen molar-refractivity contribution >= 4 is 17.6 Å². The Morgan fingerprint density at radius 3 is 2.66 bits per heavy atom. The molecule has 3 amide bonds. The maximum absolute atomic E-state index is 13.7. The number of amides is 3. The minimum atomic E-state index is -0.337. The molecule has 5 rings (SSSR count). The fourth-order valence-corrected chi connectivity index (χ4v) is 5.10. The Balaban J connectivity index is 1.46. The number of carbonyl (C=O) groups is 2. The van der Waals surface area contributed by atoms with E-state index < -0.39 is 0 Å². The van der Waals surface area contributed by atoms with E-state index in [-0.39, 0.29) is 30.4 Å². The molecule has 2 atom stereocenters. The zero-order chi connectivity index (χ0) is 24.5. The molecule has 182 valence electrons. The van der Waals surface area contributed by atoms with Crippen LogP contribution in [0.2, 0.25) is 0 Å². The van der Waals surface area contributed by atoms with Gasteiger partial charge in [-0.05, 0) is 69.0 Å². The van der Waals surface area contributed by atoms with Crippen LogP contribution in [0.5, 0.6) is 5.75 Å². The first kappa shape index (κ1) is 23.1. The molecule has 0 bridgehead atoms. The highest BCUT2D eigenvalue weighted by atomic mass is 16.5. The number of aromatic nitrogens is 2. The Morgan fingerprint density at radius 2 is 1.86 bits per heavy atom. The first-order chi connectivity index (χ1) is 17.0. The van der Waals surface area contributed by atoms with Crippen molar-refractivity contribution in [1.82, 2.24) is 15.0 Å². The lowest BCUT2D eigenvalue weighted by molar-refractivity contribution is -0.127. The Hall–Kier alpha value is -3.68. The predicted molar refractivity (Wildman–Crippen MR) is 131 cm³/mol. The van der Waals surface area contributed by atoms with Crippen molar-refractivity contribution in [2.75, 3.05) is 11.5 Å². The number of carbonyl (C=O) groups excluding carboxylic acids is 2. The third-order valence-corrected chi connectivity index (χ3v) is 7.05. The van der Waals surface area contributed by atoms with Gasteiger partial charge in [0.1, 0.15) is 12.3 Å². The van der Waals surface area contributed by atoms with E-state index in [2.05, 4.69) is 10.1 Å². The van der Waals surface area contributed by atoms with E-state index in [1.807, 2.05) is 63.2 Å². The number of rotatable bonds is 6. The molecule has 2 aromatic carbocycles. The van der Waals surface area contributed by atoms with Crippen LogP contribution < -0.4 is 9.64 Å². The maximum atomic E-state index is 13.7. The summed E-state index contributed by atoms with van der Waals surface area (Å²) in [6.45, 7) is 6.59. The number of anilines is 1. The lowest BCUT2D eigenvalue weighted by Gasteiger charge is -2.46. The van der Waals surface area contributed by atoms with E-state index in [0.29, 0.717) is 29.8 Å². The van der Waals surface area contributed by atoms with Gasteiger partial charge in [-0.25, -0.2) is 9.69 Å². The molecule has 1 saturated carbocycles. The standard InChI is InChI=1S/C27H30N4O4/c1-4-34-23-12-8-6-10-21(23)25-28-24(35-29-25)16-30-22-11-7-5-9-20(22)26(32)31(27(30)33)19-14-13-17(2)18(3)15-19/h6,8,10,12-15,20,22H,4-5,7,9,11,16H2,1-3H3. The van der Waals surface area contributed by atoms with Gasteiger partial charge in [0, 0.05) is 6.04 Å². The Labute approximate surface area is 204 Å². The van der Waals surface area contributed by atoms with E-state index in [1.54, 1.807) is 4.90 Å². The maximum Gasteiger partial charge on any atom is 0.332 e. The van der Waals surface area contributed by atoms with Gasteiger partial charge >= 0.3 is 6.03 Å². The van der Waals surface area contributed by atoms with Crippen LogP contribution in [0.4, 0.5) is 10.5 Å². The molecule has 1 saturated heterocycles. The van der Waals surface area contributed by atoms with Crippen molar-refractivity contribution in [2.24, 2.45) is 5.92 Å². The summed E-state index contributed by atoms with van der Waals surface area (Å²) in [4.78, 5) is 34.8. The number of hydrogen-bond donors (Lipinski definition) is 0. The number of fused-ring (bicyclic) bond motifs is 1. The molecule has 0 radical (unpaired) electrons. The molecule has 1 aliphatic carbocycles. The van der Waals surface area contributed by atoms with E-state index >= 15 is 0 Å². The number of para-hydroxylation sites is 1. The zero-order valence-corrected chi connectivity index (χ0v) is 20.4. The molecule has 2 aliphatic rings. The molecule has 8 heteroatoms. The Morgan fingerprint density at radius 1 is 1.06 bits per heavy atom. The quantitative estimate of drug-likeness (QED) is 0.483. The number of ether oxygens (including phenoxy) is 1. The van der Waals surface area contributed by atoms with E-state index in [1.165, 1.54) is 4.90 Å². The summed E-state index contributed by atoms with van der Waals surface area (Å²) in [5.74, 6) is 1.07. The van der Waals surface area contributed by atoms with Crippen LogP contribution in [0.1, 0.15) is 49.6 Å². The first-order valence-corrected chi connectivity index (χ1v) is 12.2. The number of nitrogens with zero attached hydrogens (tertiary/aromatic N) is 4. The topological polar surface area (TPSA) is 88.8 Å². The molecule has 35 heavy (non-hydrogen) atoms. The zero-order valence-electron chi connectivity index (χ0n) is 20.4. The predicted octanol–water partition coefficient (Wildman–Crippen LogP) is 5.28. The largest absolute Gasteiger partial charge is 0.493 e. The van der Waals surface area contributed by atoms with Gasteiger partial charge in [-0.3, -0.25) is 4.79 Å². The molecule has 3 aromatic rings. The van der Waals surface area contributed by atoms with Gasteiger partial charge in [0.25, 0.3) is 0 Å². The second kappa shape index (κ2) is 9.52. The minimum absolute atomic E-state index is 0.115. The average Bonchev–Trinajstić information content (AvgIpc) is 3.33. The van der Waals surface area contributed by atoms with Crippen LogP contribution in [0, 0.1) is 19.8 Å². The summed E-state index contributed by atoms with van der Waals surface area (Å²) in [6.07, 6.45) is 3.52. The van der Waals surface area contributed by atoms with E-state index in [4.69, 9.17) is 9.26 Å². The normalized spacial score (nSPS) is 20.2. The van der Waals surface area contributed by atoms with Crippen molar-refractivity contribution < 1.29 is 18.8 Å². The van der Waals surface area contributed by atoms with Gasteiger partial charge in [-0.15, -0.1) is 0 Å². The number of aryl methyl sites for hydroxylation is 2. The SMILES string of the molecule is CCOc1ccccc1-c1noc(CN2C(=O)N(c3ccc(C)c(C)c3)C(=O)C3CCCCC32)n1. The highest BCUT2D eigenvalue weighted by Gasteiger charge is 2.48. The van der Waals surface area contributed by atoms with Gasteiger partial charge in [0.2, 0.25) is 17.6 Å². The van der Waals surface area contributed by atoms with Gasteiger partial charge in [0.15, 0.2) is 0 Å². The van der Waals surface area contributed by atoms with Crippen LogP contribution in [-0.2, 0) is 11.3 Å². The van der Waals surface area contributed by atoms with Gasteiger partial charge in [-0.1, -0.05) is 36.2 Å². The lowest BCUT2D eigenvalue weighted by Crippen LogP contribution is -2.62. The summed E-state index contributed by atoms with van der Waals surface area (Å²) in [7, 11) is 0. The third-order valence-electron chi connectivity index (χ3n) is 7.05. The monoisotopic (exact) mass is 474 g/mol. The fraction of sp³-hybridized carbons (Fsp3) is 0.407. The molecular weight excluding hydrogens is 444 g/mol. The highest BCUT2D eigenvalue weighted by Crippen LogP contribution is 2.38. The second-order valence-corrected chi connectivity index (χ2v) is 9.25. The average molecular weight is 475 g/mol. The van der Waals surface area contributed by atoms with E-state index in [0.717, 1.165) is 42.4 Å². The Kier molecular flexibility index (Phi) is 6.28. The minimum Gasteiger partial charge on any atom is -0.493 e. The smallest absolute Gasteiger partial charge is 0.332 e. The molecule has 1 aliphatic heterocycles. The summed E-state index contributed by atoms with van der Waals surface area (Å²) in [5, 5.41) is 4.15. The van der Waals surface area contributed by atoms with Crippen LogP contribution in [0.3, 0.4) is 0 Å². The molecule has 0 spiro atoms. The number of imide groups is 1. The lowest BCUT2D eigenvalue weighted by atomic mass is 9.81. The molecular formula is C27H30N4O4. The highest BCUT2D eigenvalue weighted by molar-refractivity contribution is 6.17. The molecule has 1 aromatic heterocycles. The van der Waals surface area contributed by atoms with Crippen LogP contribution >= 0.6 is 0 Å². The van der Waals surface area contributed by atoms with E-state index in [9.17, 15) is 9.59 Å². The van der Waals surface area contributed by atoms with Gasteiger partial charge < -0.3 is 14.2 Å². The summed E-state index contributed by atoms with van der Waals surface area (Å²) < 4.78 is 11.3. The molecule has 2 unspecified atom stereocenters. The summed E-state index contributed by atoms with van der Waals surface area (Å²) in [6, 6.07) is 12.7. The summed E-state index contributed by atoms with van der Waals surface area (Å²) in [5.41, 5.74) is 3.49. The molecule has 2 fully saturated rings. The molecule has 2 heterocycles. The first-order valence-electron chi connectivity index (χ1n) is 12.2. The number of urea groups is 1. The van der Waals surface area contributed by atoms with Crippen molar-refractivity contribution in [2.45, 2.75) is 59.0 Å². The van der Waals surface area contributed by atoms with Crippen molar-refractivity contribution in [3.63, 3.8) is 0 Å². The molecule has 8 nitrogen and oxygen atoms in total. The van der Waals surface area contributed by atoms with Crippen molar-refractivity contribution in [3.8, 4) is 17.1 Å². The number of hydrogen-bond acceptors (Lipinski definition) is 6. The van der Waals surface area contributed by atoms with Crippen molar-refractivity contribution in [3.05, 3.63) is 59.5 Å². The van der Waals surface area contributed by atoms with Crippen LogP contribution in [-0.4, -0.2) is 39.6 Å². The fourth-order valence-electron chi connectivity index (χ4n) is 5.10. The Bertz CT molecular complexity index is 1250. The van der Waals surface area contributed by atoms with Crippen LogP contribution in [0.25, 0.3) is 11.4 Å².